The normalized spacial score (nSPS) is 10.3. The van der Waals surface area contributed by atoms with Gasteiger partial charge in [-0.15, -0.1) is 0 Å². The SMILES string of the molecule is CNc1c([N+](=O)[O-])cc(C(=O)O)c(Nc2ccc(I)cc2C)c1F. The van der Waals surface area contributed by atoms with E-state index in [0.717, 1.165) is 15.2 Å². The van der Waals surface area contributed by atoms with E-state index in [9.17, 15) is 24.4 Å². The summed E-state index contributed by atoms with van der Waals surface area (Å²) in [6.45, 7) is 1.78. The molecule has 0 atom stereocenters. The van der Waals surface area contributed by atoms with Gasteiger partial charge in [-0.25, -0.2) is 9.18 Å². The lowest BCUT2D eigenvalue weighted by Crippen LogP contribution is -2.10. The Kier molecular flexibility index (Phi) is 5.22. The molecule has 3 N–H and O–H groups in total. The lowest BCUT2D eigenvalue weighted by Gasteiger charge is -2.15. The number of carboxylic acids is 1. The quantitative estimate of drug-likeness (QED) is 0.363. The van der Waals surface area contributed by atoms with Gasteiger partial charge in [-0.2, -0.15) is 0 Å². The number of benzene rings is 2. The first-order valence-corrected chi connectivity index (χ1v) is 7.79. The summed E-state index contributed by atoms with van der Waals surface area (Å²) in [6.07, 6.45) is 0. The predicted molar refractivity (Wildman–Crippen MR) is 96.7 cm³/mol. The van der Waals surface area contributed by atoms with Crippen molar-refractivity contribution in [2.45, 2.75) is 6.92 Å². The van der Waals surface area contributed by atoms with Crippen molar-refractivity contribution >= 4 is 51.3 Å². The monoisotopic (exact) mass is 445 g/mol. The fourth-order valence-electron chi connectivity index (χ4n) is 2.21. The number of nitro benzene ring substituents is 1. The molecule has 0 heterocycles. The largest absolute Gasteiger partial charge is 0.478 e. The van der Waals surface area contributed by atoms with Crippen molar-refractivity contribution in [3.8, 4) is 0 Å². The van der Waals surface area contributed by atoms with Crippen LogP contribution >= 0.6 is 22.6 Å². The molecule has 126 valence electrons. The smallest absolute Gasteiger partial charge is 0.338 e. The van der Waals surface area contributed by atoms with Crippen LogP contribution in [0.15, 0.2) is 24.3 Å². The molecule has 0 saturated carbocycles. The third kappa shape index (κ3) is 3.40. The molecule has 0 aliphatic rings. The topological polar surface area (TPSA) is 105 Å². The first-order chi connectivity index (χ1) is 11.3. The number of nitrogens with zero attached hydrogens (tertiary/aromatic N) is 1. The van der Waals surface area contributed by atoms with Crippen LogP contribution in [0.2, 0.25) is 0 Å². The van der Waals surface area contributed by atoms with Crippen LogP contribution in [0.3, 0.4) is 0 Å². The number of hydrogen-bond acceptors (Lipinski definition) is 5. The first-order valence-electron chi connectivity index (χ1n) is 6.71. The van der Waals surface area contributed by atoms with E-state index < -0.39 is 28.0 Å². The Morgan fingerprint density at radius 2 is 2.00 bits per heavy atom. The lowest BCUT2D eigenvalue weighted by atomic mass is 10.1. The summed E-state index contributed by atoms with van der Waals surface area (Å²) < 4.78 is 15.7. The van der Waals surface area contributed by atoms with Crippen molar-refractivity contribution in [2.24, 2.45) is 0 Å². The van der Waals surface area contributed by atoms with E-state index in [1.165, 1.54) is 7.05 Å². The van der Waals surface area contributed by atoms with Gasteiger partial charge in [-0.05, 0) is 53.3 Å². The number of carboxylic acid groups (broad SMARTS) is 1. The van der Waals surface area contributed by atoms with Crippen LogP contribution < -0.4 is 10.6 Å². The number of aromatic carboxylic acids is 1. The van der Waals surface area contributed by atoms with Crippen LogP contribution in [0.4, 0.5) is 27.1 Å². The zero-order valence-electron chi connectivity index (χ0n) is 12.7. The number of nitrogens with one attached hydrogen (secondary N) is 2. The summed E-state index contributed by atoms with van der Waals surface area (Å²) in [7, 11) is 1.33. The van der Waals surface area contributed by atoms with Gasteiger partial charge in [0.05, 0.1) is 16.2 Å². The number of hydrogen-bond donors (Lipinski definition) is 3. The molecule has 0 radical (unpaired) electrons. The van der Waals surface area contributed by atoms with Crippen LogP contribution in [0, 0.1) is 26.4 Å². The van der Waals surface area contributed by atoms with Crippen LogP contribution in [0.1, 0.15) is 15.9 Å². The number of nitro groups is 1. The second-order valence-electron chi connectivity index (χ2n) is 4.90. The third-order valence-electron chi connectivity index (χ3n) is 3.37. The second kappa shape index (κ2) is 6.99. The molecule has 0 unspecified atom stereocenters. The van der Waals surface area contributed by atoms with Gasteiger partial charge in [0, 0.05) is 22.4 Å². The minimum absolute atomic E-state index is 0.332. The molecule has 0 amide bonds. The molecule has 2 rings (SSSR count). The molecule has 9 heteroatoms. The van der Waals surface area contributed by atoms with E-state index in [1.807, 2.05) is 6.07 Å². The first kappa shape index (κ1) is 17.9. The molecule has 7 nitrogen and oxygen atoms in total. The van der Waals surface area contributed by atoms with Gasteiger partial charge in [0.1, 0.15) is 0 Å². The van der Waals surface area contributed by atoms with Crippen molar-refractivity contribution in [2.75, 3.05) is 17.7 Å². The molecule has 0 fully saturated rings. The highest BCUT2D eigenvalue weighted by Gasteiger charge is 2.27. The molecule has 0 aliphatic carbocycles. The Morgan fingerprint density at radius 3 is 2.50 bits per heavy atom. The Bertz CT molecular complexity index is 842. The van der Waals surface area contributed by atoms with Crippen molar-refractivity contribution in [1.82, 2.24) is 0 Å². The van der Waals surface area contributed by atoms with Crippen molar-refractivity contribution in [1.29, 1.82) is 0 Å². The predicted octanol–water partition coefficient (Wildman–Crippen LogP) is 4.13. The molecule has 2 aromatic carbocycles. The van der Waals surface area contributed by atoms with E-state index in [4.69, 9.17) is 0 Å². The molecular formula is C15H13FIN3O4. The summed E-state index contributed by atoms with van der Waals surface area (Å²) in [5.41, 5.74) is -0.583. The standard InChI is InChI=1S/C15H13FIN3O4/c1-7-5-8(17)3-4-10(7)19-13-9(15(21)22)6-11(20(23)24)14(18-2)12(13)16/h3-6,18-19H,1-2H3,(H,21,22). The van der Waals surface area contributed by atoms with Gasteiger partial charge in [-0.3, -0.25) is 10.1 Å². The van der Waals surface area contributed by atoms with E-state index in [1.54, 1.807) is 19.1 Å². The summed E-state index contributed by atoms with van der Waals surface area (Å²) >= 11 is 2.12. The Balaban J connectivity index is 2.67. The van der Waals surface area contributed by atoms with Crippen molar-refractivity contribution in [3.63, 3.8) is 0 Å². The maximum absolute atomic E-state index is 14.7. The van der Waals surface area contributed by atoms with Crippen LogP contribution in [-0.2, 0) is 0 Å². The summed E-state index contributed by atoms with van der Waals surface area (Å²) in [6, 6.07) is 6.13. The van der Waals surface area contributed by atoms with Gasteiger partial charge in [0.25, 0.3) is 5.69 Å². The van der Waals surface area contributed by atoms with E-state index in [2.05, 4.69) is 33.2 Å². The van der Waals surface area contributed by atoms with Crippen molar-refractivity contribution < 1.29 is 19.2 Å². The highest BCUT2D eigenvalue weighted by molar-refractivity contribution is 14.1. The number of rotatable bonds is 5. The zero-order valence-corrected chi connectivity index (χ0v) is 14.8. The Hall–Kier alpha value is -2.43. The Morgan fingerprint density at radius 1 is 1.33 bits per heavy atom. The van der Waals surface area contributed by atoms with Gasteiger partial charge in [-0.1, -0.05) is 0 Å². The number of aryl methyl sites for hydroxylation is 1. The molecule has 24 heavy (non-hydrogen) atoms. The number of halogens is 2. The zero-order chi connectivity index (χ0) is 18.0. The average molecular weight is 445 g/mol. The number of carbonyl (C=O) groups is 1. The van der Waals surface area contributed by atoms with Crippen LogP contribution in [0.5, 0.6) is 0 Å². The fourth-order valence-corrected chi connectivity index (χ4v) is 2.86. The third-order valence-corrected chi connectivity index (χ3v) is 4.04. The molecule has 2 aromatic rings. The average Bonchev–Trinajstić information content (AvgIpc) is 2.50. The van der Waals surface area contributed by atoms with Crippen LogP contribution in [-0.4, -0.2) is 23.0 Å². The Labute approximate surface area is 150 Å². The molecule has 0 aromatic heterocycles. The second-order valence-corrected chi connectivity index (χ2v) is 6.15. The highest BCUT2D eigenvalue weighted by atomic mass is 127. The molecule has 0 saturated heterocycles. The summed E-state index contributed by atoms with van der Waals surface area (Å²) in [5.74, 6) is -2.49. The minimum atomic E-state index is -1.47. The lowest BCUT2D eigenvalue weighted by molar-refractivity contribution is -0.384. The maximum atomic E-state index is 14.7. The van der Waals surface area contributed by atoms with Crippen molar-refractivity contribution in [3.05, 3.63) is 54.9 Å². The fraction of sp³-hybridized carbons (Fsp3) is 0.133. The number of anilines is 3. The highest BCUT2D eigenvalue weighted by Crippen LogP contribution is 2.37. The summed E-state index contributed by atoms with van der Waals surface area (Å²) in [5, 5.41) is 25.5. The van der Waals surface area contributed by atoms with E-state index >= 15 is 0 Å². The molecular weight excluding hydrogens is 432 g/mol. The van der Waals surface area contributed by atoms with E-state index in [0.29, 0.717) is 5.69 Å². The maximum Gasteiger partial charge on any atom is 0.338 e. The van der Waals surface area contributed by atoms with Gasteiger partial charge >= 0.3 is 5.97 Å². The summed E-state index contributed by atoms with van der Waals surface area (Å²) in [4.78, 5) is 21.6. The van der Waals surface area contributed by atoms with Gasteiger partial charge in [0.15, 0.2) is 11.5 Å². The van der Waals surface area contributed by atoms with Gasteiger partial charge in [0.2, 0.25) is 0 Å². The molecule has 0 aliphatic heterocycles. The van der Waals surface area contributed by atoms with E-state index in [-0.39, 0.29) is 11.4 Å². The minimum Gasteiger partial charge on any atom is -0.478 e. The molecule has 0 bridgehead atoms. The van der Waals surface area contributed by atoms with Gasteiger partial charge < -0.3 is 15.7 Å². The molecule has 0 spiro atoms. The van der Waals surface area contributed by atoms with Crippen LogP contribution in [0.25, 0.3) is 0 Å².